The minimum absolute atomic E-state index is 0.248. The average molecular weight is 272 g/mol. The van der Waals surface area contributed by atoms with Gasteiger partial charge in [-0.3, -0.25) is 4.79 Å². The first kappa shape index (κ1) is 13.9. The number of esters is 1. The number of rotatable bonds is 3. The second-order valence-electron chi connectivity index (χ2n) is 4.39. The monoisotopic (exact) mass is 272 g/mol. The Morgan fingerprint density at radius 1 is 1.15 bits per heavy atom. The van der Waals surface area contributed by atoms with Gasteiger partial charge in [-0.1, -0.05) is 17.7 Å². The number of aryl methyl sites for hydroxylation is 1. The highest BCUT2D eigenvalue weighted by Crippen LogP contribution is 2.27. The highest BCUT2D eigenvalue weighted by Gasteiger charge is 2.13. The number of hydrogen-bond donors (Lipinski definition) is 0. The molecule has 0 radical (unpaired) electrons. The molecule has 102 valence electrons. The van der Waals surface area contributed by atoms with Crippen LogP contribution in [0.25, 0.3) is 11.1 Å². The highest BCUT2D eigenvalue weighted by molar-refractivity contribution is 5.95. The Morgan fingerprint density at radius 3 is 2.55 bits per heavy atom. The van der Waals surface area contributed by atoms with Gasteiger partial charge in [-0.2, -0.15) is 0 Å². The van der Waals surface area contributed by atoms with Crippen LogP contribution in [0, 0.1) is 12.7 Å². The van der Waals surface area contributed by atoms with Crippen molar-refractivity contribution < 1.29 is 18.7 Å². The summed E-state index contributed by atoms with van der Waals surface area (Å²) in [5.74, 6) is -0.950. The van der Waals surface area contributed by atoms with E-state index in [4.69, 9.17) is 0 Å². The van der Waals surface area contributed by atoms with E-state index in [1.807, 2.05) is 6.92 Å². The van der Waals surface area contributed by atoms with Crippen LogP contribution in [0.1, 0.15) is 26.3 Å². The van der Waals surface area contributed by atoms with Crippen LogP contribution in [0.2, 0.25) is 0 Å². The summed E-state index contributed by atoms with van der Waals surface area (Å²) >= 11 is 0. The topological polar surface area (TPSA) is 43.4 Å². The van der Waals surface area contributed by atoms with E-state index in [1.165, 1.54) is 25.3 Å². The molecule has 0 spiro atoms. The molecule has 2 aromatic carbocycles. The number of hydrogen-bond acceptors (Lipinski definition) is 3. The maximum atomic E-state index is 13.9. The van der Waals surface area contributed by atoms with Crippen LogP contribution >= 0.6 is 0 Å². The van der Waals surface area contributed by atoms with Gasteiger partial charge in [0.1, 0.15) is 5.82 Å². The Bertz CT molecular complexity index is 677. The van der Waals surface area contributed by atoms with Gasteiger partial charge in [-0.15, -0.1) is 0 Å². The Balaban J connectivity index is 2.60. The van der Waals surface area contributed by atoms with E-state index in [9.17, 15) is 14.0 Å². The van der Waals surface area contributed by atoms with E-state index in [0.29, 0.717) is 17.4 Å². The number of carbonyl (C=O) groups excluding carboxylic acids is 2. The molecule has 0 aliphatic rings. The summed E-state index contributed by atoms with van der Waals surface area (Å²) in [5, 5.41) is 0. The van der Waals surface area contributed by atoms with Crippen molar-refractivity contribution in [2.75, 3.05) is 7.11 Å². The Hall–Kier alpha value is -2.49. The lowest BCUT2D eigenvalue weighted by Crippen LogP contribution is -2.03. The molecule has 0 N–H and O–H groups in total. The number of halogens is 1. The third-order valence-corrected chi connectivity index (χ3v) is 3.01. The lowest BCUT2D eigenvalue weighted by Gasteiger charge is -2.09. The molecule has 2 rings (SSSR count). The van der Waals surface area contributed by atoms with Gasteiger partial charge in [0, 0.05) is 11.1 Å². The first-order chi connectivity index (χ1) is 9.56. The number of ether oxygens (including phenoxy) is 1. The van der Waals surface area contributed by atoms with Crippen molar-refractivity contribution in [2.24, 2.45) is 0 Å². The van der Waals surface area contributed by atoms with Gasteiger partial charge in [0.15, 0.2) is 6.29 Å². The van der Waals surface area contributed by atoms with Gasteiger partial charge in [0.2, 0.25) is 0 Å². The predicted octanol–water partition coefficient (Wildman–Crippen LogP) is 3.40. The molecule has 0 aromatic heterocycles. The Kier molecular flexibility index (Phi) is 3.94. The normalized spacial score (nSPS) is 10.2. The van der Waals surface area contributed by atoms with Gasteiger partial charge in [0.05, 0.1) is 12.7 Å². The van der Waals surface area contributed by atoms with Crippen molar-refractivity contribution in [1.82, 2.24) is 0 Å². The standard InChI is InChI=1S/C16H13FO3/c1-10-3-6-15(17)14(7-10)13-5-4-11(16(19)20-2)8-12(13)9-18/h3-9H,1-2H3. The third-order valence-electron chi connectivity index (χ3n) is 3.01. The average Bonchev–Trinajstić information content (AvgIpc) is 2.48. The molecule has 0 bridgehead atoms. The smallest absolute Gasteiger partial charge is 0.337 e. The van der Waals surface area contributed by atoms with Crippen molar-refractivity contribution in [2.45, 2.75) is 6.92 Å². The molecular formula is C16H13FO3. The fourth-order valence-corrected chi connectivity index (χ4v) is 2.00. The summed E-state index contributed by atoms with van der Waals surface area (Å²) in [6.45, 7) is 1.84. The second kappa shape index (κ2) is 5.65. The molecule has 0 fully saturated rings. The molecule has 0 heterocycles. The maximum Gasteiger partial charge on any atom is 0.337 e. The van der Waals surface area contributed by atoms with Crippen LogP contribution in [0.3, 0.4) is 0 Å². The van der Waals surface area contributed by atoms with E-state index < -0.39 is 11.8 Å². The SMILES string of the molecule is COC(=O)c1ccc(-c2cc(C)ccc2F)c(C=O)c1. The molecular weight excluding hydrogens is 259 g/mol. The van der Waals surface area contributed by atoms with Gasteiger partial charge in [-0.25, -0.2) is 9.18 Å². The Labute approximate surface area is 116 Å². The largest absolute Gasteiger partial charge is 0.465 e. The quantitative estimate of drug-likeness (QED) is 0.635. The second-order valence-corrected chi connectivity index (χ2v) is 4.39. The Morgan fingerprint density at radius 2 is 1.90 bits per heavy atom. The van der Waals surface area contributed by atoms with Gasteiger partial charge in [0.25, 0.3) is 0 Å². The number of aldehydes is 1. The van der Waals surface area contributed by atoms with Crippen molar-refractivity contribution in [3.63, 3.8) is 0 Å². The summed E-state index contributed by atoms with van der Waals surface area (Å²) in [5.41, 5.74) is 2.18. The molecule has 0 aliphatic carbocycles. The van der Waals surface area contributed by atoms with Crippen molar-refractivity contribution in [3.8, 4) is 11.1 Å². The summed E-state index contributed by atoms with van der Waals surface area (Å²) in [7, 11) is 1.26. The van der Waals surface area contributed by atoms with E-state index in [2.05, 4.69) is 4.74 Å². The fourth-order valence-electron chi connectivity index (χ4n) is 2.00. The summed E-state index contributed by atoms with van der Waals surface area (Å²) in [4.78, 5) is 22.6. The van der Waals surface area contributed by atoms with E-state index >= 15 is 0 Å². The minimum atomic E-state index is -0.538. The first-order valence-electron chi connectivity index (χ1n) is 6.01. The molecule has 2 aromatic rings. The molecule has 0 unspecified atom stereocenters. The van der Waals surface area contributed by atoms with Crippen molar-refractivity contribution >= 4 is 12.3 Å². The lowest BCUT2D eigenvalue weighted by molar-refractivity contribution is 0.0600. The zero-order valence-electron chi connectivity index (χ0n) is 11.1. The number of methoxy groups -OCH3 is 1. The van der Waals surface area contributed by atoms with E-state index in [0.717, 1.165) is 5.56 Å². The van der Waals surface area contributed by atoms with Gasteiger partial charge < -0.3 is 4.74 Å². The molecule has 0 amide bonds. The number of benzene rings is 2. The molecule has 0 saturated heterocycles. The van der Waals surface area contributed by atoms with Crippen LogP contribution in [-0.2, 0) is 4.74 Å². The summed E-state index contributed by atoms with van der Waals surface area (Å²) in [6, 6.07) is 9.13. The lowest BCUT2D eigenvalue weighted by atomic mass is 9.96. The third kappa shape index (κ3) is 2.59. The summed E-state index contributed by atoms with van der Waals surface area (Å²) in [6.07, 6.45) is 0.601. The van der Waals surface area contributed by atoms with Crippen LogP contribution < -0.4 is 0 Å². The van der Waals surface area contributed by atoms with Gasteiger partial charge in [-0.05, 0) is 36.8 Å². The first-order valence-corrected chi connectivity index (χ1v) is 6.01. The zero-order chi connectivity index (χ0) is 14.7. The van der Waals surface area contributed by atoms with Gasteiger partial charge >= 0.3 is 5.97 Å². The molecule has 0 aliphatic heterocycles. The summed E-state index contributed by atoms with van der Waals surface area (Å²) < 4.78 is 18.5. The van der Waals surface area contributed by atoms with E-state index in [-0.39, 0.29) is 11.1 Å². The van der Waals surface area contributed by atoms with Crippen LogP contribution in [-0.4, -0.2) is 19.4 Å². The number of carbonyl (C=O) groups is 2. The highest BCUT2D eigenvalue weighted by atomic mass is 19.1. The van der Waals surface area contributed by atoms with E-state index in [1.54, 1.807) is 18.2 Å². The molecule has 4 heteroatoms. The fraction of sp³-hybridized carbons (Fsp3) is 0.125. The minimum Gasteiger partial charge on any atom is -0.465 e. The van der Waals surface area contributed by atoms with Crippen molar-refractivity contribution in [1.29, 1.82) is 0 Å². The van der Waals surface area contributed by atoms with Crippen LogP contribution in [0.4, 0.5) is 4.39 Å². The molecule has 20 heavy (non-hydrogen) atoms. The van der Waals surface area contributed by atoms with Crippen molar-refractivity contribution in [3.05, 3.63) is 58.9 Å². The predicted molar refractivity (Wildman–Crippen MR) is 73.3 cm³/mol. The zero-order valence-corrected chi connectivity index (χ0v) is 11.1. The molecule has 0 saturated carbocycles. The van der Waals surface area contributed by atoms with Crippen LogP contribution in [0.5, 0.6) is 0 Å². The molecule has 0 atom stereocenters. The maximum absolute atomic E-state index is 13.9. The molecule has 3 nitrogen and oxygen atoms in total. The van der Waals surface area contributed by atoms with Crippen LogP contribution in [0.15, 0.2) is 36.4 Å².